The molecule has 1 aliphatic rings. The Labute approximate surface area is 434 Å². The zero-order chi connectivity index (χ0) is 50.8. The lowest BCUT2D eigenvalue weighted by Gasteiger charge is -2.40. The first kappa shape index (κ1) is 67.2. The molecule has 0 bridgehead atoms. The Balaban J connectivity index is 2.09. The summed E-state index contributed by atoms with van der Waals surface area (Å²) in [6.07, 6.45) is 55.9. The van der Waals surface area contributed by atoms with Gasteiger partial charge >= 0.3 is 0 Å². The van der Waals surface area contributed by atoms with Crippen molar-refractivity contribution < 1.29 is 39.8 Å². The highest BCUT2D eigenvalue weighted by atomic mass is 16.7. The molecule has 0 aromatic carbocycles. The lowest BCUT2D eigenvalue weighted by molar-refractivity contribution is -0.302. The van der Waals surface area contributed by atoms with Crippen molar-refractivity contribution in [1.82, 2.24) is 5.32 Å². The molecule has 1 aliphatic heterocycles. The maximum atomic E-state index is 13.1. The maximum absolute atomic E-state index is 13.1. The van der Waals surface area contributed by atoms with Crippen LogP contribution in [-0.2, 0) is 14.3 Å². The SMILES string of the molecule is CCCCCCCCCCCCCCCCCCCCCCCCCCCCCCCCCCC(O)C(COC1OC(CO)C(O)C(O)C1O)NC(=O)CCCCCCCCCCCCCCCCC. The van der Waals surface area contributed by atoms with E-state index in [1.165, 1.54) is 263 Å². The molecule has 1 amide bonds. The fourth-order valence-corrected chi connectivity index (χ4v) is 10.5. The maximum Gasteiger partial charge on any atom is 0.220 e. The molecule has 0 radical (unpaired) electrons. The summed E-state index contributed by atoms with van der Waals surface area (Å²) >= 11 is 0. The molecule has 0 aliphatic carbocycles. The standard InChI is InChI=1S/C61H121NO8/c1-3-5-7-9-11-13-15-17-19-20-21-22-23-24-25-26-27-28-29-30-31-32-33-34-35-37-38-40-42-44-46-48-50-55(64)54(53-69-61-60(68)59(67)58(66)56(52-63)70-61)62-57(65)51-49-47-45-43-41-39-36-18-16-14-12-10-8-6-4-2/h54-56,58-61,63-64,66-68H,3-53H2,1-2H3,(H,62,65). The van der Waals surface area contributed by atoms with Crippen LogP contribution in [0, 0.1) is 0 Å². The van der Waals surface area contributed by atoms with Crippen LogP contribution in [0.3, 0.4) is 0 Å². The van der Waals surface area contributed by atoms with Gasteiger partial charge in [-0.15, -0.1) is 0 Å². The molecule has 1 saturated heterocycles. The van der Waals surface area contributed by atoms with E-state index < -0.39 is 49.5 Å². The zero-order valence-corrected chi connectivity index (χ0v) is 46.6. The van der Waals surface area contributed by atoms with Crippen molar-refractivity contribution in [2.75, 3.05) is 13.2 Å². The van der Waals surface area contributed by atoms with Gasteiger partial charge in [-0.3, -0.25) is 4.79 Å². The highest BCUT2D eigenvalue weighted by molar-refractivity contribution is 5.76. The quantitative estimate of drug-likeness (QED) is 0.0330. The second-order valence-corrected chi connectivity index (χ2v) is 22.2. The van der Waals surface area contributed by atoms with Crippen LogP contribution in [-0.4, -0.2) is 87.5 Å². The summed E-state index contributed by atoms with van der Waals surface area (Å²) in [7, 11) is 0. The minimum atomic E-state index is -1.55. The Morgan fingerprint density at radius 3 is 1.01 bits per heavy atom. The van der Waals surface area contributed by atoms with Gasteiger partial charge in [0.15, 0.2) is 6.29 Å². The minimum absolute atomic E-state index is 0.131. The number of nitrogens with one attached hydrogen (secondary N) is 1. The number of aliphatic hydroxyl groups excluding tert-OH is 5. The summed E-state index contributed by atoms with van der Waals surface area (Å²) in [5.74, 6) is -0.137. The average Bonchev–Trinajstić information content (AvgIpc) is 3.36. The predicted octanol–water partition coefficient (Wildman–Crippen LogP) is 15.8. The first-order valence-corrected chi connectivity index (χ1v) is 31.2. The Morgan fingerprint density at radius 1 is 0.429 bits per heavy atom. The third kappa shape index (κ3) is 40.6. The predicted molar refractivity (Wildman–Crippen MR) is 295 cm³/mol. The lowest BCUT2D eigenvalue weighted by Crippen LogP contribution is -2.60. The summed E-state index contributed by atoms with van der Waals surface area (Å²) < 4.78 is 11.3. The van der Waals surface area contributed by atoms with Crippen molar-refractivity contribution >= 4 is 5.91 Å². The molecular weight excluding hydrogens is 875 g/mol. The molecule has 9 nitrogen and oxygen atoms in total. The van der Waals surface area contributed by atoms with Gasteiger partial charge in [0.1, 0.15) is 24.4 Å². The summed E-state index contributed by atoms with van der Waals surface area (Å²) in [5, 5.41) is 54.7. The van der Waals surface area contributed by atoms with E-state index in [9.17, 15) is 30.3 Å². The number of rotatable bonds is 55. The molecule has 7 unspecified atom stereocenters. The fraction of sp³-hybridized carbons (Fsp3) is 0.984. The molecule has 1 rings (SSSR count). The van der Waals surface area contributed by atoms with Gasteiger partial charge in [-0.25, -0.2) is 0 Å². The Hall–Kier alpha value is -0.810. The van der Waals surface area contributed by atoms with Gasteiger partial charge in [-0.2, -0.15) is 0 Å². The second kappa shape index (κ2) is 51.7. The molecule has 0 aromatic heterocycles. The molecule has 0 aromatic rings. The van der Waals surface area contributed by atoms with Crippen LogP contribution < -0.4 is 5.32 Å². The van der Waals surface area contributed by atoms with Crippen LogP contribution >= 0.6 is 0 Å². The van der Waals surface area contributed by atoms with Crippen molar-refractivity contribution in [2.45, 2.75) is 371 Å². The van der Waals surface area contributed by atoms with Crippen LogP contribution in [0.15, 0.2) is 0 Å². The van der Waals surface area contributed by atoms with E-state index >= 15 is 0 Å². The Kier molecular flexibility index (Phi) is 49.6. The van der Waals surface area contributed by atoms with Crippen molar-refractivity contribution in [3.05, 3.63) is 0 Å². The van der Waals surface area contributed by atoms with Crippen LogP contribution in [0.2, 0.25) is 0 Å². The molecule has 6 N–H and O–H groups in total. The molecular formula is C61H121NO8. The molecule has 1 heterocycles. The fourth-order valence-electron chi connectivity index (χ4n) is 10.5. The first-order chi connectivity index (χ1) is 34.3. The number of hydrogen-bond acceptors (Lipinski definition) is 8. The third-order valence-electron chi connectivity index (χ3n) is 15.5. The number of ether oxygens (including phenoxy) is 2. The van der Waals surface area contributed by atoms with E-state index in [2.05, 4.69) is 19.2 Å². The van der Waals surface area contributed by atoms with E-state index in [1.54, 1.807) is 0 Å². The zero-order valence-electron chi connectivity index (χ0n) is 46.6. The number of carbonyl (C=O) groups is 1. The molecule has 1 fully saturated rings. The summed E-state index contributed by atoms with van der Waals surface area (Å²) in [6.45, 7) is 3.89. The van der Waals surface area contributed by atoms with Gasteiger partial charge in [0.2, 0.25) is 5.91 Å². The van der Waals surface area contributed by atoms with Crippen molar-refractivity contribution in [3.63, 3.8) is 0 Å². The molecule has 9 heteroatoms. The highest BCUT2D eigenvalue weighted by Gasteiger charge is 2.44. The van der Waals surface area contributed by atoms with Crippen LogP contribution in [0.4, 0.5) is 0 Å². The summed E-state index contributed by atoms with van der Waals surface area (Å²) in [6, 6.07) is -0.713. The number of carbonyl (C=O) groups excluding carboxylic acids is 1. The van der Waals surface area contributed by atoms with Crippen LogP contribution in [0.25, 0.3) is 0 Å². The minimum Gasteiger partial charge on any atom is -0.394 e. The van der Waals surface area contributed by atoms with E-state index in [4.69, 9.17) is 9.47 Å². The van der Waals surface area contributed by atoms with E-state index in [0.717, 1.165) is 38.5 Å². The smallest absolute Gasteiger partial charge is 0.220 e. The van der Waals surface area contributed by atoms with Crippen molar-refractivity contribution in [1.29, 1.82) is 0 Å². The van der Waals surface area contributed by atoms with Gasteiger partial charge in [-0.1, -0.05) is 309 Å². The summed E-state index contributed by atoms with van der Waals surface area (Å²) in [4.78, 5) is 13.1. The molecule has 70 heavy (non-hydrogen) atoms. The summed E-state index contributed by atoms with van der Waals surface area (Å²) in [5.41, 5.74) is 0. The monoisotopic (exact) mass is 996 g/mol. The molecule has 7 atom stereocenters. The highest BCUT2D eigenvalue weighted by Crippen LogP contribution is 2.24. The number of unbranched alkanes of at least 4 members (excludes halogenated alkanes) is 45. The third-order valence-corrected chi connectivity index (χ3v) is 15.5. The normalized spacial score (nSPS) is 19.2. The lowest BCUT2D eigenvalue weighted by atomic mass is 9.99. The van der Waals surface area contributed by atoms with Crippen molar-refractivity contribution in [2.24, 2.45) is 0 Å². The Morgan fingerprint density at radius 2 is 0.714 bits per heavy atom. The molecule has 0 saturated carbocycles. The van der Waals surface area contributed by atoms with Gasteiger partial charge in [-0.05, 0) is 12.8 Å². The van der Waals surface area contributed by atoms with E-state index in [-0.39, 0.29) is 12.5 Å². The Bertz CT molecular complexity index is 1060. The molecule has 0 spiro atoms. The second-order valence-electron chi connectivity index (χ2n) is 22.2. The van der Waals surface area contributed by atoms with Gasteiger partial charge < -0.3 is 40.3 Å². The number of hydrogen-bond donors (Lipinski definition) is 6. The largest absolute Gasteiger partial charge is 0.394 e. The van der Waals surface area contributed by atoms with Gasteiger partial charge in [0.05, 0.1) is 25.4 Å². The van der Waals surface area contributed by atoms with E-state index in [1.807, 2.05) is 0 Å². The van der Waals surface area contributed by atoms with Crippen molar-refractivity contribution in [3.8, 4) is 0 Å². The van der Waals surface area contributed by atoms with Gasteiger partial charge in [0, 0.05) is 6.42 Å². The number of aliphatic hydroxyl groups is 5. The average molecular weight is 997 g/mol. The topological polar surface area (TPSA) is 149 Å². The van der Waals surface area contributed by atoms with E-state index in [0.29, 0.717) is 12.8 Å². The van der Waals surface area contributed by atoms with Crippen LogP contribution in [0.5, 0.6) is 0 Å². The van der Waals surface area contributed by atoms with Gasteiger partial charge in [0.25, 0.3) is 0 Å². The van der Waals surface area contributed by atoms with Crippen LogP contribution in [0.1, 0.15) is 328 Å². The number of amides is 1. The first-order valence-electron chi connectivity index (χ1n) is 31.2. The molecule has 418 valence electrons.